The number of Topliss-reactive ketones (excluding diaryl/α,β-unsaturated/α-hetero) is 1. The smallest absolute Gasteiger partial charge is 0.226 e. The van der Waals surface area contributed by atoms with Crippen LogP contribution in [0.2, 0.25) is 0 Å². The average molecular weight is 230 g/mol. The van der Waals surface area contributed by atoms with Crippen molar-refractivity contribution in [3.63, 3.8) is 0 Å². The molecule has 0 spiro atoms. The van der Waals surface area contributed by atoms with E-state index in [1.54, 1.807) is 0 Å². The predicted molar refractivity (Wildman–Crippen MR) is 64.3 cm³/mol. The Hall–Kier alpha value is -1.61. The molecule has 0 aliphatic carbocycles. The van der Waals surface area contributed by atoms with E-state index in [1.807, 2.05) is 31.2 Å². The Bertz CT molecular complexity index is 562. The van der Waals surface area contributed by atoms with Gasteiger partial charge in [-0.3, -0.25) is 4.79 Å². The summed E-state index contributed by atoms with van der Waals surface area (Å²) < 4.78 is 10.9. The Labute approximate surface area is 99.4 Å². The summed E-state index contributed by atoms with van der Waals surface area (Å²) in [4.78, 5) is 12.1. The molecule has 1 atom stereocenters. The summed E-state index contributed by atoms with van der Waals surface area (Å²) in [6.45, 7) is 2.70. The Kier molecular flexibility index (Phi) is 2.48. The Morgan fingerprint density at radius 3 is 3.00 bits per heavy atom. The molecule has 0 amide bonds. The lowest BCUT2D eigenvalue weighted by Gasteiger charge is -2.04. The van der Waals surface area contributed by atoms with E-state index in [1.165, 1.54) is 0 Å². The zero-order valence-corrected chi connectivity index (χ0v) is 9.73. The lowest BCUT2D eigenvalue weighted by molar-refractivity contribution is 0.0617. The highest BCUT2D eigenvalue weighted by Gasteiger charge is 2.27. The highest BCUT2D eigenvalue weighted by Crippen LogP contribution is 2.24. The largest absolute Gasteiger partial charge is 0.453 e. The predicted octanol–water partition coefficient (Wildman–Crippen LogP) is 3.10. The standard InChI is InChI=1S/C14H14O3/c1-9-4-5-11-10(7-9)8-13(17-11)14(15)12-3-2-6-16-12/h4-5,7-8,12H,2-3,6H2,1H3. The summed E-state index contributed by atoms with van der Waals surface area (Å²) >= 11 is 0. The first-order valence-corrected chi connectivity index (χ1v) is 5.90. The first-order valence-electron chi connectivity index (χ1n) is 5.90. The van der Waals surface area contributed by atoms with E-state index in [0.29, 0.717) is 12.4 Å². The fourth-order valence-corrected chi connectivity index (χ4v) is 2.23. The summed E-state index contributed by atoms with van der Waals surface area (Å²) in [6.07, 6.45) is 1.45. The van der Waals surface area contributed by atoms with Crippen molar-refractivity contribution in [3.8, 4) is 0 Å². The minimum absolute atomic E-state index is 0.0312. The van der Waals surface area contributed by atoms with Crippen molar-refractivity contribution in [3.05, 3.63) is 35.6 Å². The summed E-state index contributed by atoms with van der Waals surface area (Å²) in [5.74, 6) is 0.383. The van der Waals surface area contributed by atoms with Crippen LogP contribution in [-0.4, -0.2) is 18.5 Å². The summed E-state index contributed by atoms with van der Waals surface area (Å²) in [6, 6.07) is 7.71. The highest BCUT2D eigenvalue weighted by atomic mass is 16.5. The van der Waals surface area contributed by atoms with Crippen molar-refractivity contribution in [2.24, 2.45) is 0 Å². The Morgan fingerprint density at radius 2 is 2.24 bits per heavy atom. The molecule has 1 aromatic carbocycles. The maximum absolute atomic E-state index is 12.1. The van der Waals surface area contributed by atoms with E-state index in [0.717, 1.165) is 29.4 Å². The molecule has 0 saturated carbocycles. The maximum Gasteiger partial charge on any atom is 0.226 e. The minimum Gasteiger partial charge on any atom is -0.453 e. The van der Waals surface area contributed by atoms with Gasteiger partial charge in [-0.05, 0) is 38.0 Å². The number of ether oxygens (including phenoxy) is 1. The number of carbonyl (C=O) groups is 1. The number of hydrogen-bond acceptors (Lipinski definition) is 3. The highest BCUT2D eigenvalue weighted by molar-refractivity contribution is 6.00. The van der Waals surface area contributed by atoms with Crippen molar-refractivity contribution in [2.75, 3.05) is 6.61 Å². The van der Waals surface area contributed by atoms with Crippen LogP contribution >= 0.6 is 0 Å². The summed E-state index contributed by atoms with van der Waals surface area (Å²) in [5.41, 5.74) is 1.92. The van der Waals surface area contributed by atoms with Crippen LogP contribution in [0.5, 0.6) is 0 Å². The van der Waals surface area contributed by atoms with Gasteiger partial charge in [0, 0.05) is 12.0 Å². The van der Waals surface area contributed by atoms with Crippen LogP contribution in [0.4, 0.5) is 0 Å². The van der Waals surface area contributed by atoms with Gasteiger partial charge in [0.05, 0.1) is 0 Å². The average Bonchev–Trinajstić information content (AvgIpc) is 2.96. The second-order valence-corrected chi connectivity index (χ2v) is 4.52. The van der Waals surface area contributed by atoms with Crippen LogP contribution in [0.1, 0.15) is 29.0 Å². The molecule has 1 saturated heterocycles. The first kappa shape index (κ1) is 10.5. The number of hydrogen-bond donors (Lipinski definition) is 0. The molecule has 0 N–H and O–H groups in total. The third-order valence-corrected chi connectivity index (χ3v) is 3.14. The van der Waals surface area contributed by atoms with Crippen LogP contribution in [0.15, 0.2) is 28.7 Å². The molecule has 3 nitrogen and oxygen atoms in total. The molecule has 0 bridgehead atoms. The number of fused-ring (bicyclic) bond motifs is 1. The van der Waals surface area contributed by atoms with Crippen molar-refractivity contribution in [2.45, 2.75) is 25.9 Å². The molecular formula is C14H14O3. The number of aryl methyl sites for hydroxylation is 1. The summed E-state index contributed by atoms with van der Waals surface area (Å²) in [7, 11) is 0. The normalized spacial score (nSPS) is 19.9. The van der Waals surface area contributed by atoms with Gasteiger partial charge in [-0.15, -0.1) is 0 Å². The Morgan fingerprint density at radius 1 is 1.35 bits per heavy atom. The zero-order chi connectivity index (χ0) is 11.8. The molecule has 1 aromatic heterocycles. The van der Waals surface area contributed by atoms with Crippen LogP contribution < -0.4 is 0 Å². The second kappa shape index (κ2) is 4.00. The van der Waals surface area contributed by atoms with E-state index >= 15 is 0 Å². The van der Waals surface area contributed by atoms with Crippen LogP contribution in [0, 0.1) is 6.92 Å². The third kappa shape index (κ3) is 1.87. The van der Waals surface area contributed by atoms with Crippen LogP contribution in [-0.2, 0) is 4.74 Å². The van der Waals surface area contributed by atoms with E-state index < -0.39 is 0 Å². The number of furan rings is 1. The lowest BCUT2D eigenvalue weighted by atomic mass is 10.1. The molecule has 3 rings (SSSR count). The van der Waals surface area contributed by atoms with Gasteiger partial charge in [0.15, 0.2) is 5.76 Å². The van der Waals surface area contributed by atoms with E-state index in [2.05, 4.69) is 0 Å². The molecule has 1 fully saturated rings. The Balaban J connectivity index is 1.97. The summed E-state index contributed by atoms with van der Waals surface area (Å²) in [5, 5.41) is 0.978. The van der Waals surface area contributed by atoms with E-state index in [-0.39, 0.29) is 11.9 Å². The molecule has 3 heteroatoms. The SMILES string of the molecule is Cc1ccc2oc(C(=O)C3CCCO3)cc2c1. The van der Waals surface area contributed by atoms with Crippen molar-refractivity contribution in [1.82, 2.24) is 0 Å². The molecule has 88 valence electrons. The number of rotatable bonds is 2. The van der Waals surface area contributed by atoms with E-state index in [9.17, 15) is 4.79 Å². The van der Waals surface area contributed by atoms with Gasteiger partial charge in [0.2, 0.25) is 5.78 Å². The van der Waals surface area contributed by atoms with Crippen molar-refractivity contribution < 1.29 is 13.9 Å². The third-order valence-electron chi connectivity index (χ3n) is 3.14. The topological polar surface area (TPSA) is 39.4 Å². The van der Waals surface area contributed by atoms with Gasteiger partial charge in [-0.2, -0.15) is 0 Å². The fourth-order valence-electron chi connectivity index (χ4n) is 2.23. The molecule has 0 radical (unpaired) electrons. The number of ketones is 1. The van der Waals surface area contributed by atoms with Gasteiger partial charge in [-0.25, -0.2) is 0 Å². The second-order valence-electron chi connectivity index (χ2n) is 4.52. The van der Waals surface area contributed by atoms with E-state index in [4.69, 9.17) is 9.15 Å². The lowest BCUT2D eigenvalue weighted by Crippen LogP contribution is -2.18. The van der Waals surface area contributed by atoms with Gasteiger partial charge in [0.25, 0.3) is 0 Å². The van der Waals surface area contributed by atoms with Gasteiger partial charge < -0.3 is 9.15 Å². The quantitative estimate of drug-likeness (QED) is 0.744. The van der Waals surface area contributed by atoms with Crippen molar-refractivity contribution in [1.29, 1.82) is 0 Å². The molecule has 2 heterocycles. The fraction of sp³-hybridized carbons (Fsp3) is 0.357. The molecule has 2 aromatic rings. The number of carbonyl (C=O) groups excluding carboxylic acids is 1. The minimum atomic E-state index is -0.309. The van der Waals surface area contributed by atoms with Gasteiger partial charge >= 0.3 is 0 Å². The first-order chi connectivity index (χ1) is 8.24. The zero-order valence-electron chi connectivity index (χ0n) is 9.73. The molecule has 1 unspecified atom stereocenters. The van der Waals surface area contributed by atoms with Gasteiger partial charge in [0.1, 0.15) is 11.7 Å². The number of benzene rings is 1. The molecular weight excluding hydrogens is 216 g/mol. The monoisotopic (exact) mass is 230 g/mol. The molecule has 1 aliphatic heterocycles. The van der Waals surface area contributed by atoms with Crippen molar-refractivity contribution >= 4 is 16.8 Å². The van der Waals surface area contributed by atoms with Gasteiger partial charge in [-0.1, -0.05) is 11.6 Å². The molecule has 17 heavy (non-hydrogen) atoms. The maximum atomic E-state index is 12.1. The van der Waals surface area contributed by atoms with Crippen LogP contribution in [0.25, 0.3) is 11.0 Å². The molecule has 1 aliphatic rings. The van der Waals surface area contributed by atoms with Crippen LogP contribution in [0.3, 0.4) is 0 Å².